The molecule has 0 bridgehead atoms. The van der Waals surface area contributed by atoms with E-state index in [4.69, 9.17) is 16.3 Å². The first-order valence-corrected chi connectivity index (χ1v) is 13.0. The molecule has 2 aromatic heterocycles. The van der Waals surface area contributed by atoms with Crippen molar-refractivity contribution in [3.63, 3.8) is 0 Å². The van der Waals surface area contributed by atoms with Crippen LogP contribution in [0.5, 0.6) is 0 Å². The van der Waals surface area contributed by atoms with Gasteiger partial charge in [-0.05, 0) is 30.3 Å². The summed E-state index contributed by atoms with van der Waals surface area (Å²) in [5, 5.41) is 8.23. The van der Waals surface area contributed by atoms with Crippen LogP contribution in [0.4, 0.5) is 5.82 Å². The number of hydrogen-bond acceptors (Lipinski definition) is 5. The molecule has 0 radical (unpaired) electrons. The van der Waals surface area contributed by atoms with Crippen LogP contribution in [-0.2, 0) is 11.5 Å². The molecule has 0 aliphatic heterocycles. The van der Waals surface area contributed by atoms with Crippen molar-refractivity contribution in [2.45, 2.75) is 32.4 Å². The van der Waals surface area contributed by atoms with Crippen molar-refractivity contribution < 1.29 is 4.74 Å². The Bertz CT molecular complexity index is 915. The highest BCUT2D eigenvalue weighted by atomic mass is 35.5. The van der Waals surface area contributed by atoms with Crippen molar-refractivity contribution >= 4 is 47.0 Å². The SMILES string of the molecule is C[Si](C)(C)CCOCn1c(=Nc2ccc(Cl)nn2)sc2ccccc21. The molecule has 0 saturated carbocycles. The number of rotatable bonds is 6. The van der Waals surface area contributed by atoms with Crippen molar-refractivity contribution in [3.8, 4) is 0 Å². The van der Waals surface area contributed by atoms with Gasteiger partial charge in [0.25, 0.3) is 0 Å². The normalized spacial score (nSPS) is 12.9. The molecular weight excluding hydrogens is 372 g/mol. The van der Waals surface area contributed by atoms with E-state index in [0.29, 0.717) is 17.7 Å². The number of ether oxygens (including phenoxy) is 1. The first kappa shape index (κ1) is 18.3. The minimum absolute atomic E-state index is 0.359. The maximum absolute atomic E-state index is 5.95. The second-order valence-corrected chi connectivity index (χ2v) is 14.0. The summed E-state index contributed by atoms with van der Waals surface area (Å²) < 4.78 is 9.19. The summed E-state index contributed by atoms with van der Waals surface area (Å²) in [5.74, 6) is 0.534. The fourth-order valence-corrected chi connectivity index (χ4v) is 4.12. The Hall–Kier alpha value is -1.54. The maximum atomic E-state index is 5.95. The van der Waals surface area contributed by atoms with Gasteiger partial charge in [-0.25, -0.2) is 0 Å². The van der Waals surface area contributed by atoms with E-state index >= 15 is 0 Å². The summed E-state index contributed by atoms with van der Waals surface area (Å²) in [6.45, 7) is 8.30. The molecule has 0 spiro atoms. The Morgan fingerprint density at radius 3 is 2.68 bits per heavy atom. The topological polar surface area (TPSA) is 52.3 Å². The van der Waals surface area contributed by atoms with Crippen LogP contribution in [0.1, 0.15) is 0 Å². The zero-order valence-electron chi connectivity index (χ0n) is 14.6. The van der Waals surface area contributed by atoms with Crippen LogP contribution in [0.3, 0.4) is 0 Å². The van der Waals surface area contributed by atoms with Gasteiger partial charge in [-0.3, -0.25) is 4.57 Å². The summed E-state index contributed by atoms with van der Waals surface area (Å²) in [5.41, 5.74) is 1.11. The average molecular weight is 393 g/mol. The fraction of sp³-hybridized carbons (Fsp3) is 0.353. The van der Waals surface area contributed by atoms with E-state index in [9.17, 15) is 0 Å². The molecule has 2 heterocycles. The van der Waals surface area contributed by atoms with Crippen LogP contribution in [0.25, 0.3) is 10.2 Å². The van der Waals surface area contributed by atoms with Gasteiger partial charge in [0.1, 0.15) is 6.73 Å². The van der Waals surface area contributed by atoms with Crippen LogP contribution in [0, 0.1) is 0 Å². The Balaban J connectivity index is 1.90. The lowest BCUT2D eigenvalue weighted by molar-refractivity contribution is 0.0884. The summed E-state index contributed by atoms with van der Waals surface area (Å²) in [6.07, 6.45) is 0. The predicted octanol–water partition coefficient (Wildman–Crippen LogP) is 4.69. The minimum atomic E-state index is -1.10. The Labute approximate surface area is 157 Å². The largest absolute Gasteiger partial charge is 0.361 e. The lowest BCUT2D eigenvalue weighted by Gasteiger charge is -2.15. The van der Waals surface area contributed by atoms with Gasteiger partial charge in [-0.15, -0.1) is 10.2 Å². The summed E-state index contributed by atoms with van der Waals surface area (Å²) in [4.78, 5) is 5.46. The molecule has 0 atom stereocenters. The highest BCUT2D eigenvalue weighted by Crippen LogP contribution is 2.18. The van der Waals surface area contributed by atoms with Crippen molar-refractivity contribution in [1.29, 1.82) is 0 Å². The van der Waals surface area contributed by atoms with Gasteiger partial charge < -0.3 is 4.74 Å². The number of hydrogen-bond donors (Lipinski definition) is 0. The summed E-state index contributed by atoms with van der Waals surface area (Å²) in [6, 6.07) is 12.8. The van der Waals surface area contributed by atoms with Gasteiger partial charge in [0.2, 0.25) is 0 Å². The monoisotopic (exact) mass is 392 g/mol. The molecule has 0 aliphatic rings. The van der Waals surface area contributed by atoms with E-state index in [1.807, 2.05) is 12.1 Å². The molecule has 0 N–H and O–H groups in total. The third kappa shape index (κ3) is 4.98. The average Bonchev–Trinajstić information content (AvgIpc) is 2.90. The maximum Gasteiger partial charge on any atom is 0.194 e. The molecule has 0 unspecified atom stereocenters. The summed E-state index contributed by atoms with van der Waals surface area (Å²) >= 11 is 7.41. The van der Waals surface area contributed by atoms with Crippen LogP contribution >= 0.6 is 22.9 Å². The number of aromatic nitrogens is 3. The molecule has 5 nitrogen and oxygen atoms in total. The number of para-hydroxylation sites is 1. The molecule has 0 saturated heterocycles. The number of fused-ring (bicyclic) bond motifs is 1. The highest BCUT2D eigenvalue weighted by Gasteiger charge is 2.12. The van der Waals surface area contributed by atoms with Crippen LogP contribution in [0.2, 0.25) is 30.8 Å². The quantitative estimate of drug-likeness (QED) is 0.451. The van der Waals surface area contributed by atoms with E-state index in [1.54, 1.807) is 23.5 Å². The predicted molar refractivity (Wildman–Crippen MR) is 106 cm³/mol. The first-order chi connectivity index (χ1) is 11.9. The zero-order valence-corrected chi connectivity index (χ0v) is 17.1. The van der Waals surface area contributed by atoms with Gasteiger partial charge in [0.15, 0.2) is 15.8 Å². The lowest BCUT2D eigenvalue weighted by Crippen LogP contribution is -2.23. The molecule has 3 aromatic rings. The summed E-state index contributed by atoms with van der Waals surface area (Å²) in [7, 11) is -1.10. The van der Waals surface area contributed by atoms with Crippen LogP contribution < -0.4 is 4.80 Å². The van der Waals surface area contributed by atoms with Gasteiger partial charge in [-0.2, -0.15) is 4.99 Å². The molecule has 1 aromatic carbocycles. The molecule has 0 fully saturated rings. The van der Waals surface area contributed by atoms with Gasteiger partial charge >= 0.3 is 0 Å². The molecule has 132 valence electrons. The Kier molecular flexibility index (Phi) is 5.68. The van der Waals surface area contributed by atoms with Crippen LogP contribution in [0.15, 0.2) is 41.4 Å². The fourth-order valence-electron chi connectivity index (χ4n) is 2.23. The molecule has 0 amide bonds. The zero-order chi connectivity index (χ0) is 17.9. The van der Waals surface area contributed by atoms with E-state index in [0.717, 1.165) is 27.7 Å². The molecule has 8 heteroatoms. The lowest BCUT2D eigenvalue weighted by atomic mass is 10.3. The third-order valence-corrected chi connectivity index (χ3v) is 6.60. The standard InChI is InChI=1S/C17H21ClN4OSSi/c1-25(2,3)11-10-23-12-22-13-6-4-5-7-14(13)24-17(22)19-16-9-8-15(18)20-21-16/h4-9H,10-12H2,1-3H3. The number of benzene rings is 1. The Morgan fingerprint density at radius 1 is 1.16 bits per heavy atom. The smallest absolute Gasteiger partial charge is 0.194 e. The van der Waals surface area contributed by atoms with E-state index in [1.165, 1.54) is 0 Å². The molecule has 3 rings (SSSR count). The van der Waals surface area contributed by atoms with Gasteiger partial charge in [-0.1, -0.05) is 54.7 Å². The second-order valence-electron chi connectivity index (χ2n) is 6.95. The van der Waals surface area contributed by atoms with Crippen molar-refractivity contribution in [1.82, 2.24) is 14.8 Å². The number of nitrogens with zero attached hydrogens (tertiary/aromatic N) is 4. The van der Waals surface area contributed by atoms with Gasteiger partial charge in [0, 0.05) is 14.7 Å². The Morgan fingerprint density at radius 2 is 1.96 bits per heavy atom. The second kappa shape index (κ2) is 7.78. The van der Waals surface area contributed by atoms with E-state index in [-0.39, 0.29) is 0 Å². The molecular formula is C17H21ClN4OSSi. The highest BCUT2D eigenvalue weighted by molar-refractivity contribution is 7.16. The third-order valence-electron chi connectivity index (χ3n) is 3.63. The number of halogens is 1. The van der Waals surface area contributed by atoms with Crippen molar-refractivity contribution in [2.24, 2.45) is 4.99 Å². The van der Waals surface area contributed by atoms with E-state index in [2.05, 4.69) is 51.5 Å². The molecule has 25 heavy (non-hydrogen) atoms. The van der Waals surface area contributed by atoms with Crippen LogP contribution in [-0.4, -0.2) is 29.4 Å². The van der Waals surface area contributed by atoms with Crippen molar-refractivity contribution in [3.05, 3.63) is 46.4 Å². The molecule has 0 aliphatic carbocycles. The van der Waals surface area contributed by atoms with Crippen molar-refractivity contribution in [2.75, 3.05) is 6.61 Å². The minimum Gasteiger partial charge on any atom is -0.361 e. The van der Waals surface area contributed by atoms with E-state index < -0.39 is 8.07 Å². The van der Waals surface area contributed by atoms with Gasteiger partial charge in [0.05, 0.1) is 10.2 Å². The first-order valence-electron chi connectivity index (χ1n) is 8.12. The number of thiazole rings is 1.